The number of rotatable bonds is 6. The minimum absolute atomic E-state index is 0.00680. The summed E-state index contributed by atoms with van der Waals surface area (Å²) in [5, 5.41) is 8.61. The molecule has 140 valence electrons. The number of nitrogens with zero attached hydrogens (tertiary/aromatic N) is 2. The fourth-order valence-electron chi connectivity index (χ4n) is 2.27. The van der Waals surface area contributed by atoms with Gasteiger partial charge in [-0.25, -0.2) is 9.18 Å². The third-order valence-electron chi connectivity index (χ3n) is 3.49. The molecule has 1 heterocycles. The molecule has 0 radical (unpaired) electrons. The molecule has 1 atom stereocenters. The van der Waals surface area contributed by atoms with Crippen molar-refractivity contribution in [1.82, 2.24) is 9.13 Å². The molecule has 0 aliphatic carbocycles. The smallest absolute Gasteiger partial charge is 0.331 e. The number of aliphatic carboxylic acids is 1. The van der Waals surface area contributed by atoms with Crippen molar-refractivity contribution in [2.75, 3.05) is 12.0 Å². The summed E-state index contributed by atoms with van der Waals surface area (Å²) in [6.45, 7) is -1.09. The standard InChI is InChI=1S/C15H15ClFN3O5S/c1-26(18,25)6-5-20-14(23)10(7-19(15(20)24)8-12(21)22)9-3-2-4-11(17)13(9)16/h2-4,7,18H,5-6,8H2,1H3,(H,21,22). The van der Waals surface area contributed by atoms with E-state index in [1.807, 2.05) is 0 Å². The molecule has 0 saturated carbocycles. The van der Waals surface area contributed by atoms with E-state index in [1.165, 1.54) is 12.1 Å². The van der Waals surface area contributed by atoms with Crippen molar-refractivity contribution in [2.24, 2.45) is 0 Å². The summed E-state index contributed by atoms with van der Waals surface area (Å²) in [5.41, 5.74) is -1.96. The van der Waals surface area contributed by atoms with Crippen LogP contribution in [0.5, 0.6) is 0 Å². The second-order valence-corrected chi connectivity index (χ2v) is 8.41. The number of benzene rings is 1. The Morgan fingerprint density at radius 2 is 2.00 bits per heavy atom. The van der Waals surface area contributed by atoms with Crippen molar-refractivity contribution < 1.29 is 18.5 Å². The highest BCUT2D eigenvalue weighted by Crippen LogP contribution is 2.27. The monoisotopic (exact) mass is 403 g/mol. The maximum atomic E-state index is 13.7. The van der Waals surface area contributed by atoms with Gasteiger partial charge in [0.25, 0.3) is 5.56 Å². The zero-order valence-corrected chi connectivity index (χ0v) is 15.1. The van der Waals surface area contributed by atoms with Gasteiger partial charge in [0.05, 0.1) is 10.6 Å². The van der Waals surface area contributed by atoms with Crippen LogP contribution >= 0.6 is 11.6 Å². The molecular formula is C15H15ClFN3O5S. The van der Waals surface area contributed by atoms with Crippen LogP contribution in [0.15, 0.2) is 34.0 Å². The summed E-state index contributed by atoms with van der Waals surface area (Å²) in [6, 6.07) is 3.76. The van der Waals surface area contributed by atoms with E-state index in [-0.39, 0.29) is 28.4 Å². The zero-order valence-electron chi connectivity index (χ0n) is 13.6. The summed E-state index contributed by atoms with van der Waals surface area (Å²) in [4.78, 5) is 36.0. The first-order valence-corrected chi connectivity index (χ1v) is 9.74. The van der Waals surface area contributed by atoms with Crippen molar-refractivity contribution in [3.63, 3.8) is 0 Å². The molecule has 0 saturated heterocycles. The van der Waals surface area contributed by atoms with E-state index in [0.717, 1.165) is 23.1 Å². The van der Waals surface area contributed by atoms with Gasteiger partial charge >= 0.3 is 11.7 Å². The fourth-order valence-corrected chi connectivity index (χ4v) is 3.03. The normalized spacial score (nSPS) is 13.3. The Hall–Kier alpha value is -2.46. The second-order valence-electron chi connectivity index (χ2n) is 5.61. The molecular weight excluding hydrogens is 389 g/mol. The molecule has 0 spiro atoms. The molecule has 0 fully saturated rings. The van der Waals surface area contributed by atoms with Crippen LogP contribution < -0.4 is 11.2 Å². The van der Waals surface area contributed by atoms with Crippen LogP contribution in [0.2, 0.25) is 5.02 Å². The topological polar surface area (TPSA) is 122 Å². The van der Waals surface area contributed by atoms with Crippen molar-refractivity contribution in [1.29, 1.82) is 4.78 Å². The molecule has 0 amide bonds. The Morgan fingerprint density at radius 1 is 1.35 bits per heavy atom. The van der Waals surface area contributed by atoms with Crippen LogP contribution in [0.1, 0.15) is 0 Å². The molecule has 0 aliphatic rings. The molecule has 1 unspecified atom stereocenters. The summed E-state index contributed by atoms with van der Waals surface area (Å²) in [5.74, 6) is -2.39. The Balaban J connectivity index is 2.76. The average Bonchev–Trinajstić information content (AvgIpc) is 2.51. The van der Waals surface area contributed by atoms with Gasteiger partial charge in [-0.15, -0.1) is 0 Å². The van der Waals surface area contributed by atoms with Gasteiger partial charge in [0, 0.05) is 40.0 Å². The summed E-state index contributed by atoms with van der Waals surface area (Å²) in [6.07, 6.45) is 2.15. The van der Waals surface area contributed by atoms with Gasteiger partial charge in [-0.05, 0) is 6.07 Å². The Morgan fingerprint density at radius 3 is 2.58 bits per heavy atom. The third kappa shape index (κ3) is 4.38. The predicted molar refractivity (Wildman–Crippen MR) is 94.7 cm³/mol. The molecule has 0 aliphatic heterocycles. The van der Waals surface area contributed by atoms with Gasteiger partial charge in [-0.3, -0.25) is 27.7 Å². The van der Waals surface area contributed by atoms with E-state index in [4.69, 9.17) is 21.5 Å². The highest BCUT2D eigenvalue weighted by Gasteiger charge is 2.18. The number of hydrogen-bond donors (Lipinski definition) is 2. The first-order valence-electron chi connectivity index (χ1n) is 7.23. The lowest BCUT2D eigenvalue weighted by molar-refractivity contribution is -0.137. The molecule has 11 heteroatoms. The molecule has 1 aromatic heterocycles. The largest absolute Gasteiger partial charge is 0.480 e. The van der Waals surface area contributed by atoms with Crippen LogP contribution in [-0.2, 0) is 27.6 Å². The van der Waals surface area contributed by atoms with Crippen molar-refractivity contribution in [3.05, 3.63) is 56.1 Å². The molecule has 2 aromatic rings. The fraction of sp³-hybridized carbons (Fsp3) is 0.267. The Labute approximate surface area is 152 Å². The second kappa shape index (κ2) is 7.42. The van der Waals surface area contributed by atoms with Gasteiger partial charge in [0.15, 0.2) is 0 Å². The van der Waals surface area contributed by atoms with Gasteiger partial charge in [0.2, 0.25) is 0 Å². The third-order valence-corrected chi connectivity index (χ3v) is 4.83. The first-order chi connectivity index (χ1) is 12.0. The van der Waals surface area contributed by atoms with E-state index in [9.17, 15) is 23.0 Å². The van der Waals surface area contributed by atoms with Gasteiger partial charge in [-0.2, -0.15) is 0 Å². The van der Waals surface area contributed by atoms with Crippen LogP contribution in [0, 0.1) is 10.6 Å². The number of carboxylic acid groups (broad SMARTS) is 1. The van der Waals surface area contributed by atoms with E-state index < -0.39 is 39.3 Å². The predicted octanol–water partition coefficient (Wildman–Crippen LogP) is 1.23. The zero-order chi connectivity index (χ0) is 19.6. The average molecular weight is 404 g/mol. The van der Waals surface area contributed by atoms with Crippen LogP contribution in [0.4, 0.5) is 4.39 Å². The van der Waals surface area contributed by atoms with E-state index in [0.29, 0.717) is 4.57 Å². The van der Waals surface area contributed by atoms with E-state index in [1.54, 1.807) is 0 Å². The lowest BCUT2D eigenvalue weighted by Gasteiger charge is -2.13. The van der Waals surface area contributed by atoms with Crippen molar-refractivity contribution in [2.45, 2.75) is 13.1 Å². The summed E-state index contributed by atoms with van der Waals surface area (Å²) < 4.78 is 34.2. The van der Waals surface area contributed by atoms with Gasteiger partial charge in [-0.1, -0.05) is 23.7 Å². The number of hydrogen-bond acceptors (Lipinski definition) is 5. The molecule has 1 aromatic carbocycles. The lowest BCUT2D eigenvalue weighted by Crippen LogP contribution is -2.42. The van der Waals surface area contributed by atoms with E-state index in [2.05, 4.69) is 0 Å². The minimum atomic E-state index is -2.99. The quantitative estimate of drug-likeness (QED) is 0.751. The van der Waals surface area contributed by atoms with Crippen LogP contribution in [0.25, 0.3) is 11.1 Å². The number of carbonyl (C=O) groups is 1. The van der Waals surface area contributed by atoms with Gasteiger partial charge in [0.1, 0.15) is 12.4 Å². The molecule has 26 heavy (non-hydrogen) atoms. The number of aromatic nitrogens is 2. The number of nitrogens with one attached hydrogen (secondary N) is 1. The summed E-state index contributed by atoms with van der Waals surface area (Å²) in [7, 11) is -2.99. The van der Waals surface area contributed by atoms with Crippen molar-refractivity contribution >= 4 is 27.3 Å². The number of carboxylic acids is 1. The maximum Gasteiger partial charge on any atom is 0.331 e. The van der Waals surface area contributed by atoms with Gasteiger partial charge < -0.3 is 5.11 Å². The number of halogens is 2. The first kappa shape index (κ1) is 19.9. The molecule has 2 N–H and O–H groups in total. The molecule has 0 bridgehead atoms. The maximum absolute atomic E-state index is 13.7. The lowest BCUT2D eigenvalue weighted by atomic mass is 10.1. The Bertz CT molecular complexity index is 1090. The van der Waals surface area contributed by atoms with Crippen LogP contribution in [0.3, 0.4) is 0 Å². The summed E-state index contributed by atoms with van der Waals surface area (Å²) >= 11 is 5.90. The van der Waals surface area contributed by atoms with Crippen LogP contribution in [-0.4, -0.2) is 36.4 Å². The Kier molecular flexibility index (Phi) is 5.67. The SMILES string of the molecule is CS(=N)(=O)CCn1c(=O)c(-c2cccc(F)c2Cl)cn(CC(=O)O)c1=O. The van der Waals surface area contributed by atoms with Crippen molar-refractivity contribution in [3.8, 4) is 11.1 Å². The molecule has 2 rings (SSSR count). The van der Waals surface area contributed by atoms with E-state index >= 15 is 0 Å². The molecule has 8 nitrogen and oxygen atoms in total. The highest BCUT2D eigenvalue weighted by atomic mass is 35.5. The minimum Gasteiger partial charge on any atom is -0.480 e. The highest BCUT2D eigenvalue weighted by molar-refractivity contribution is 7.91.